The lowest BCUT2D eigenvalue weighted by molar-refractivity contribution is 0.0939. The molecule has 0 radical (unpaired) electrons. The second-order valence-corrected chi connectivity index (χ2v) is 3.86. The summed E-state index contributed by atoms with van der Waals surface area (Å²) in [6, 6.07) is 0. The number of hydrogen-bond acceptors (Lipinski definition) is 6. The summed E-state index contributed by atoms with van der Waals surface area (Å²) in [5, 5.41) is 23.5. The van der Waals surface area contributed by atoms with E-state index in [1.165, 1.54) is 5.38 Å². The molecule has 4 N–H and O–H groups in total. The smallest absolute Gasteiger partial charge is 0.280 e. The van der Waals surface area contributed by atoms with Crippen LogP contribution in [0.1, 0.15) is 20.3 Å². The molecule has 0 saturated heterocycles. The van der Waals surface area contributed by atoms with E-state index in [4.69, 9.17) is 10.2 Å². The molecule has 0 spiro atoms. The first-order valence-corrected chi connectivity index (χ1v) is 5.80. The Morgan fingerprint density at radius 3 is 2.35 bits per heavy atom. The summed E-state index contributed by atoms with van der Waals surface area (Å²) in [5.41, 5.74) is 0.137. The second kappa shape index (κ2) is 6.94. The molecule has 0 fully saturated rings. The lowest BCUT2D eigenvalue weighted by Crippen LogP contribution is -2.28. The standard InChI is InChI=1S/C9H13N3O4S/c13-3-1-10-7(15)6-5-17-9(12-6)8(16)11-2-4-14/h5,13-14H,1-4H2,(H,10,15)(H,11,16). The van der Waals surface area contributed by atoms with Gasteiger partial charge in [0.25, 0.3) is 11.8 Å². The zero-order chi connectivity index (χ0) is 12.7. The van der Waals surface area contributed by atoms with Crippen LogP contribution < -0.4 is 10.6 Å². The number of carbonyl (C=O) groups excluding carboxylic acids is 2. The first kappa shape index (κ1) is 13.6. The predicted molar refractivity (Wildman–Crippen MR) is 61.0 cm³/mol. The van der Waals surface area contributed by atoms with Gasteiger partial charge in [0.05, 0.1) is 13.2 Å². The molecule has 17 heavy (non-hydrogen) atoms. The van der Waals surface area contributed by atoms with Gasteiger partial charge in [0.15, 0.2) is 5.01 Å². The Kier molecular flexibility index (Phi) is 5.53. The molecule has 1 aromatic heterocycles. The van der Waals surface area contributed by atoms with Crippen LogP contribution in [0.25, 0.3) is 0 Å². The van der Waals surface area contributed by atoms with E-state index in [1.54, 1.807) is 0 Å². The second-order valence-electron chi connectivity index (χ2n) is 3.00. The third-order valence-corrected chi connectivity index (χ3v) is 2.57. The molecule has 0 atom stereocenters. The van der Waals surface area contributed by atoms with Crippen molar-refractivity contribution in [3.05, 3.63) is 16.1 Å². The zero-order valence-corrected chi connectivity index (χ0v) is 9.79. The van der Waals surface area contributed by atoms with Gasteiger partial charge in [0.2, 0.25) is 0 Å². The number of aliphatic hydroxyl groups excluding tert-OH is 2. The van der Waals surface area contributed by atoms with E-state index in [1.807, 2.05) is 0 Å². The van der Waals surface area contributed by atoms with Gasteiger partial charge in [-0.1, -0.05) is 0 Å². The number of nitrogens with zero attached hydrogens (tertiary/aromatic N) is 1. The Morgan fingerprint density at radius 1 is 1.18 bits per heavy atom. The molecule has 0 bridgehead atoms. The Morgan fingerprint density at radius 2 is 1.76 bits per heavy atom. The van der Waals surface area contributed by atoms with Gasteiger partial charge in [-0.3, -0.25) is 9.59 Å². The minimum atomic E-state index is -0.434. The molecule has 1 aromatic rings. The van der Waals surface area contributed by atoms with E-state index in [0.717, 1.165) is 11.3 Å². The van der Waals surface area contributed by atoms with E-state index in [-0.39, 0.29) is 37.0 Å². The number of aromatic nitrogens is 1. The number of hydrogen-bond donors (Lipinski definition) is 4. The molecular formula is C9H13N3O4S. The van der Waals surface area contributed by atoms with Crippen LogP contribution in [0.4, 0.5) is 0 Å². The SMILES string of the molecule is O=C(NCCO)c1csc(C(=O)NCCO)n1. The van der Waals surface area contributed by atoms with Crippen LogP contribution in [0.15, 0.2) is 5.38 Å². The molecule has 0 saturated carbocycles. The van der Waals surface area contributed by atoms with E-state index < -0.39 is 11.8 Å². The van der Waals surface area contributed by atoms with Crippen molar-refractivity contribution in [2.24, 2.45) is 0 Å². The molecule has 1 rings (SSSR count). The number of carbonyl (C=O) groups is 2. The predicted octanol–water partition coefficient (Wildman–Crippen LogP) is -1.41. The summed E-state index contributed by atoms with van der Waals surface area (Å²) in [4.78, 5) is 26.7. The van der Waals surface area contributed by atoms with Gasteiger partial charge in [0.1, 0.15) is 5.69 Å². The van der Waals surface area contributed by atoms with Crippen LogP contribution in [0.2, 0.25) is 0 Å². The van der Waals surface area contributed by atoms with Crippen LogP contribution >= 0.6 is 11.3 Å². The highest BCUT2D eigenvalue weighted by Crippen LogP contribution is 2.09. The summed E-state index contributed by atoms with van der Waals surface area (Å²) in [5.74, 6) is -0.859. The third-order valence-electron chi connectivity index (χ3n) is 1.73. The van der Waals surface area contributed by atoms with E-state index >= 15 is 0 Å². The molecule has 7 nitrogen and oxygen atoms in total. The largest absolute Gasteiger partial charge is 0.395 e. The molecule has 0 aromatic carbocycles. The molecular weight excluding hydrogens is 246 g/mol. The first-order chi connectivity index (χ1) is 8.19. The van der Waals surface area contributed by atoms with E-state index in [2.05, 4.69) is 15.6 Å². The molecule has 0 unspecified atom stereocenters. The fourth-order valence-corrected chi connectivity index (χ4v) is 1.70. The molecule has 0 aliphatic carbocycles. The van der Waals surface area contributed by atoms with Crippen molar-refractivity contribution in [3.8, 4) is 0 Å². The summed E-state index contributed by atoms with van der Waals surface area (Å²) < 4.78 is 0. The molecule has 8 heteroatoms. The average Bonchev–Trinajstić information content (AvgIpc) is 2.82. The quantitative estimate of drug-likeness (QED) is 0.501. The Hall–Kier alpha value is -1.51. The fraction of sp³-hybridized carbons (Fsp3) is 0.444. The molecule has 0 aliphatic heterocycles. The van der Waals surface area contributed by atoms with Crippen molar-refractivity contribution < 1.29 is 19.8 Å². The highest BCUT2D eigenvalue weighted by Gasteiger charge is 2.14. The van der Waals surface area contributed by atoms with Gasteiger partial charge in [-0.05, 0) is 0 Å². The Bertz CT molecular complexity index is 359. The maximum atomic E-state index is 11.4. The van der Waals surface area contributed by atoms with Crippen LogP contribution in [0, 0.1) is 0 Å². The molecule has 0 aliphatic rings. The normalized spacial score (nSPS) is 10.0. The summed E-state index contributed by atoms with van der Waals surface area (Å²) in [6.45, 7) is -0.0203. The number of rotatable bonds is 6. The highest BCUT2D eigenvalue weighted by molar-refractivity contribution is 7.11. The van der Waals surface area contributed by atoms with Gasteiger partial charge in [0, 0.05) is 18.5 Å². The average molecular weight is 259 g/mol. The highest BCUT2D eigenvalue weighted by atomic mass is 32.1. The molecule has 94 valence electrons. The lowest BCUT2D eigenvalue weighted by atomic mass is 10.4. The summed E-state index contributed by atoms with van der Waals surface area (Å²) >= 11 is 1.04. The van der Waals surface area contributed by atoms with E-state index in [0.29, 0.717) is 0 Å². The van der Waals surface area contributed by atoms with Crippen LogP contribution in [-0.2, 0) is 0 Å². The van der Waals surface area contributed by atoms with Gasteiger partial charge in [-0.15, -0.1) is 11.3 Å². The zero-order valence-electron chi connectivity index (χ0n) is 8.97. The number of aliphatic hydroxyl groups is 2. The minimum Gasteiger partial charge on any atom is -0.395 e. The van der Waals surface area contributed by atoms with Gasteiger partial charge < -0.3 is 20.8 Å². The van der Waals surface area contributed by atoms with Gasteiger partial charge in [-0.2, -0.15) is 0 Å². The number of nitrogens with one attached hydrogen (secondary N) is 2. The summed E-state index contributed by atoms with van der Waals surface area (Å²) in [6.07, 6.45) is 0. The maximum absolute atomic E-state index is 11.4. The Labute approximate surface area is 101 Å². The maximum Gasteiger partial charge on any atom is 0.280 e. The van der Waals surface area contributed by atoms with Crippen LogP contribution in [-0.4, -0.2) is 53.3 Å². The third kappa shape index (κ3) is 4.10. The minimum absolute atomic E-state index is 0.137. The number of amides is 2. The first-order valence-electron chi connectivity index (χ1n) is 4.92. The topological polar surface area (TPSA) is 112 Å². The van der Waals surface area contributed by atoms with Gasteiger partial charge in [-0.25, -0.2) is 4.98 Å². The molecule has 1 heterocycles. The Balaban J connectivity index is 2.58. The number of thiazole rings is 1. The van der Waals surface area contributed by atoms with Crippen molar-refractivity contribution >= 4 is 23.2 Å². The van der Waals surface area contributed by atoms with E-state index in [9.17, 15) is 9.59 Å². The van der Waals surface area contributed by atoms with Crippen molar-refractivity contribution in [1.29, 1.82) is 0 Å². The van der Waals surface area contributed by atoms with Crippen LogP contribution in [0.3, 0.4) is 0 Å². The van der Waals surface area contributed by atoms with Gasteiger partial charge >= 0.3 is 0 Å². The van der Waals surface area contributed by atoms with Crippen LogP contribution in [0.5, 0.6) is 0 Å². The van der Waals surface area contributed by atoms with Crippen molar-refractivity contribution in [2.75, 3.05) is 26.3 Å². The lowest BCUT2D eigenvalue weighted by Gasteiger charge is -1.99. The fourth-order valence-electron chi connectivity index (χ4n) is 0.987. The summed E-state index contributed by atoms with van der Waals surface area (Å²) in [7, 11) is 0. The van der Waals surface area contributed by atoms with Crippen molar-refractivity contribution in [3.63, 3.8) is 0 Å². The van der Waals surface area contributed by atoms with Crippen molar-refractivity contribution in [2.45, 2.75) is 0 Å². The molecule has 2 amide bonds. The van der Waals surface area contributed by atoms with Crippen molar-refractivity contribution in [1.82, 2.24) is 15.6 Å². The monoisotopic (exact) mass is 259 g/mol.